The molecule has 2 unspecified atom stereocenters. The number of hydrogen-bond donors (Lipinski definition) is 2. The van der Waals surface area contributed by atoms with Gasteiger partial charge in [-0.3, -0.25) is 9.36 Å². The number of nitrogens with two attached hydrogens (primary N) is 1. The fraction of sp³-hybridized carbons (Fsp3) is 0.700. The first-order valence-electron chi connectivity index (χ1n) is 5.71. The van der Waals surface area contributed by atoms with Gasteiger partial charge in [0.1, 0.15) is 0 Å². The van der Waals surface area contributed by atoms with Gasteiger partial charge in [-0.1, -0.05) is 18.2 Å². The highest BCUT2D eigenvalue weighted by Crippen LogP contribution is 2.40. The molecule has 0 bridgehead atoms. The lowest BCUT2D eigenvalue weighted by Crippen LogP contribution is -2.19. The molecule has 0 radical (unpaired) electrons. The van der Waals surface area contributed by atoms with Crippen molar-refractivity contribution in [2.24, 2.45) is 0 Å². The van der Waals surface area contributed by atoms with Gasteiger partial charge >= 0.3 is 5.97 Å². The highest BCUT2D eigenvalue weighted by Gasteiger charge is 2.31. The van der Waals surface area contributed by atoms with Gasteiger partial charge in [0.05, 0.1) is 11.8 Å². The second-order valence-corrected chi connectivity index (χ2v) is 6.18. The van der Waals surface area contributed by atoms with Crippen molar-refractivity contribution in [3.05, 3.63) is 0 Å². The molecule has 1 aliphatic carbocycles. The Morgan fingerprint density at radius 2 is 2.33 bits per heavy atom. The van der Waals surface area contributed by atoms with Crippen molar-refractivity contribution >= 4 is 35.4 Å². The van der Waals surface area contributed by atoms with Gasteiger partial charge in [-0.05, 0) is 19.1 Å². The standard InChI is InChI=1S/C10H16N4O2S2/c1-17-7-4-2-3-6(7)14-9(11)12-13-10(14)18-5-8(15)16/h6-7H,2-5H2,1H3,(H2,11,12)(H,15,16). The fourth-order valence-electron chi connectivity index (χ4n) is 2.30. The minimum atomic E-state index is -0.860. The number of thioether (sulfide) groups is 2. The van der Waals surface area contributed by atoms with E-state index in [1.165, 1.54) is 11.8 Å². The van der Waals surface area contributed by atoms with Crippen LogP contribution in [-0.4, -0.2) is 43.1 Å². The molecule has 100 valence electrons. The van der Waals surface area contributed by atoms with Gasteiger partial charge in [0.2, 0.25) is 5.95 Å². The molecule has 0 amide bonds. The third-order valence-electron chi connectivity index (χ3n) is 3.07. The van der Waals surface area contributed by atoms with E-state index in [1.54, 1.807) is 0 Å². The summed E-state index contributed by atoms with van der Waals surface area (Å²) < 4.78 is 1.90. The van der Waals surface area contributed by atoms with Gasteiger partial charge in [-0.25, -0.2) is 0 Å². The summed E-state index contributed by atoms with van der Waals surface area (Å²) in [5, 5.41) is 17.7. The monoisotopic (exact) mass is 288 g/mol. The lowest BCUT2D eigenvalue weighted by Gasteiger charge is -2.21. The Bertz CT molecular complexity index is 438. The van der Waals surface area contributed by atoms with Crippen LogP contribution in [-0.2, 0) is 4.79 Å². The molecule has 0 saturated heterocycles. The molecular weight excluding hydrogens is 272 g/mol. The number of rotatable bonds is 5. The highest BCUT2D eigenvalue weighted by molar-refractivity contribution is 7.99. The number of nitrogens with zero attached hydrogens (tertiary/aromatic N) is 3. The van der Waals surface area contributed by atoms with E-state index in [1.807, 2.05) is 16.3 Å². The Balaban J connectivity index is 2.20. The van der Waals surface area contributed by atoms with Crippen molar-refractivity contribution in [2.75, 3.05) is 17.7 Å². The summed E-state index contributed by atoms with van der Waals surface area (Å²) in [5.74, 6) is -0.496. The summed E-state index contributed by atoms with van der Waals surface area (Å²) in [6, 6.07) is 0.284. The second kappa shape index (κ2) is 5.83. The third kappa shape index (κ3) is 2.74. The number of nitrogen functional groups attached to an aromatic ring is 1. The van der Waals surface area contributed by atoms with Crippen molar-refractivity contribution < 1.29 is 9.90 Å². The van der Waals surface area contributed by atoms with Gasteiger partial charge in [-0.15, -0.1) is 10.2 Å². The van der Waals surface area contributed by atoms with E-state index in [-0.39, 0.29) is 11.8 Å². The maximum atomic E-state index is 10.6. The molecule has 0 spiro atoms. The molecule has 3 N–H and O–H groups in total. The normalized spacial score (nSPS) is 23.4. The number of aromatic nitrogens is 3. The summed E-state index contributed by atoms with van der Waals surface area (Å²) in [4.78, 5) is 10.6. The van der Waals surface area contributed by atoms with E-state index in [9.17, 15) is 4.79 Å². The quantitative estimate of drug-likeness (QED) is 0.793. The van der Waals surface area contributed by atoms with Crippen LogP contribution in [0.2, 0.25) is 0 Å². The van der Waals surface area contributed by atoms with Crippen LogP contribution in [0.5, 0.6) is 0 Å². The van der Waals surface area contributed by atoms with Crippen LogP contribution in [0.4, 0.5) is 5.95 Å². The van der Waals surface area contributed by atoms with Crippen molar-refractivity contribution in [3.63, 3.8) is 0 Å². The molecule has 2 rings (SSSR count). The minimum Gasteiger partial charge on any atom is -0.481 e. The SMILES string of the molecule is CSC1CCCC1n1c(N)nnc1SCC(=O)O. The zero-order valence-corrected chi connectivity index (χ0v) is 11.7. The van der Waals surface area contributed by atoms with E-state index in [0.717, 1.165) is 19.3 Å². The maximum absolute atomic E-state index is 10.6. The Morgan fingerprint density at radius 1 is 1.56 bits per heavy atom. The number of carboxylic acids is 1. The van der Waals surface area contributed by atoms with Crippen molar-refractivity contribution in [3.8, 4) is 0 Å². The van der Waals surface area contributed by atoms with Gasteiger partial charge in [-0.2, -0.15) is 11.8 Å². The van der Waals surface area contributed by atoms with Crippen LogP contribution in [0.15, 0.2) is 5.16 Å². The van der Waals surface area contributed by atoms with Crippen LogP contribution >= 0.6 is 23.5 Å². The Kier molecular flexibility index (Phi) is 4.39. The maximum Gasteiger partial charge on any atom is 0.313 e. The van der Waals surface area contributed by atoms with E-state index >= 15 is 0 Å². The summed E-state index contributed by atoms with van der Waals surface area (Å²) in [6.45, 7) is 0. The highest BCUT2D eigenvalue weighted by atomic mass is 32.2. The van der Waals surface area contributed by atoms with Crippen LogP contribution in [0.3, 0.4) is 0 Å². The van der Waals surface area contributed by atoms with Gasteiger partial charge < -0.3 is 10.8 Å². The number of anilines is 1. The average Bonchev–Trinajstić information content (AvgIpc) is 2.92. The third-order valence-corrected chi connectivity index (χ3v) is 5.15. The first kappa shape index (κ1) is 13.5. The van der Waals surface area contributed by atoms with Crippen LogP contribution in [0, 0.1) is 0 Å². The Labute approximate surface area is 114 Å². The van der Waals surface area contributed by atoms with Crippen molar-refractivity contribution in [2.45, 2.75) is 35.7 Å². The fourth-order valence-corrected chi connectivity index (χ4v) is 4.00. The minimum absolute atomic E-state index is 0.0191. The predicted octanol–water partition coefficient (Wildman–Crippen LogP) is 1.49. The Morgan fingerprint density at radius 3 is 3.00 bits per heavy atom. The van der Waals surface area contributed by atoms with Gasteiger partial charge in [0, 0.05) is 5.25 Å². The van der Waals surface area contributed by atoms with Crippen molar-refractivity contribution in [1.29, 1.82) is 0 Å². The van der Waals surface area contributed by atoms with E-state index in [2.05, 4.69) is 16.5 Å². The van der Waals surface area contributed by atoms with Gasteiger partial charge in [0.15, 0.2) is 5.16 Å². The topological polar surface area (TPSA) is 94.0 Å². The molecule has 1 aromatic heterocycles. The smallest absolute Gasteiger partial charge is 0.313 e. The number of aliphatic carboxylic acids is 1. The molecule has 1 aromatic rings. The lowest BCUT2D eigenvalue weighted by molar-refractivity contribution is -0.133. The molecule has 0 aliphatic heterocycles. The molecule has 0 aromatic carbocycles. The first-order valence-corrected chi connectivity index (χ1v) is 7.98. The second-order valence-electron chi connectivity index (χ2n) is 4.17. The van der Waals surface area contributed by atoms with Crippen LogP contribution < -0.4 is 5.73 Å². The molecule has 18 heavy (non-hydrogen) atoms. The molecule has 1 aliphatic rings. The summed E-state index contributed by atoms with van der Waals surface area (Å²) in [6.07, 6.45) is 5.46. The van der Waals surface area contributed by atoms with E-state index in [4.69, 9.17) is 10.8 Å². The van der Waals surface area contributed by atoms with Gasteiger partial charge in [0.25, 0.3) is 0 Å². The van der Waals surface area contributed by atoms with Crippen LogP contribution in [0.1, 0.15) is 25.3 Å². The molecule has 6 nitrogen and oxygen atoms in total. The molecule has 1 saturated carbocycles. The first-order chi connectivity index (χ1) is 8.63. The summed E-state index contributed by atoms with van der Waals surface area (Å²) in [7, 11) is 0. The van der Waals surface area contributed by atoms with Crippen LogP contribution in [0.25, 0.3) is 0 Å². The summed E-state index contributed by atoms with van der Waals surface area (Å²) >= 11 is 3.00. The molecule has 1 fully saturated rings. The zero-order valence-electron chi connectivity index (χ0n) is 10.1. The number of carbonyl (C=O) groups is 1. The number of hydrogen-bond acceptors (Lipinski definition) is 6. The molecular formula is C10H16N4O2S2. The van der Waals surface area contributed by atoms with E-state index < -0.39 is 5.97 Å². The van der Waals surface area contributed by atoms with Crippen molar-refractivity contribution in [1.82, 2.24) is 14.8 Å². The molecule has 1 heterocycles. The largest absolute Gasteiger partial charge is 0.481 e. The lowest BCUT2D eigenvalue weighted by atomic mass is 10.2. The molecule has 2 atom stereocenters. The Hall–Kier alpha value is -0.890. The summed E-state index contributed by atoms with van der Waals surface area (Å²) in [5.41, 5.74) is 5.86. The number of carboxylic acid groups (broad SMARTS) is 1. The zero-order chi connectivity index (χ0) is 13.1. The average molecular weight is 288 g/mol. The van der Waals surface area contributed by atoms with E-state index in [0.29, 0.717) is 16.4 Å². The predicted molar refractivity (Wildman–Crippen MR) is 73.0 cm³/mol. The molecule has 8 heteroatoms.